The highest BCUT2D eigenvalue weighted by atomic mass is 16.7. The Hall–Kier alpha value is -3.62. The van der Waals surface area contributed by atoms with Crippen molar-refractivity contribution < 1.29 is 28.6 Å². The lowest BCUT2D eigenvalue weighted by atomic mass is 9.88. The lowest BCUT2D eigenvalue weighted by Crippen LogP contribution is -2.45. The van der Waals surface area contributed by atoms with Crippen molar-refractivity contribution >= 4 is 12.1 Å². The molecule has 8 nitrogen and oxygen atoms in total. The summed E-state index contributed by atoms with van der Waals surface area (Å²) in [4.78, 5) is 33.1. The van der Waals surface area contributed by atoms with Crippen molar-refractivity contribution in [3.05, 3.63) is 90.0 Å². The van der Waals surface area contributed by atoms with E-state index in [9.17, 15) is 9.59 Å². The molecule has 0 saturated carbocycles. The number of esters is 1. The summed E-state index contributed by atoms with van der Waals surface area (Å²) >= 11 is 0. The molecule has 2 aliphatic heterocycles. The maximum Gasteiger partial charge on any atom is 0.411 e. The van der Waals surface area contributed by atoms with Gasteiger partial charge in [0.05, 0.1) is 13.7 Å². The summed E-state index contributed by atoms with van der Waals surface area (Å²) in [5, 5.41) is 1.79. The number of hydrogen-bond donors (Lipinski definition) is 0. The maximum absolute atomic E-state index is 13.1. The van der Waals surface area contributed by atoms with Crippen LogP contribution < -0.4 is 4.74 Å². The number of hydroxylamine groups is 2. The molecule has 0 unspecified atom stereocenters. The van der Waals surface area contributed by atoms with E-state index in [4.69, 9.17) is 19.0 Å². The molecule has 1 saturated heterocycles. The van der Waals surface area contributed by atoms with Gasteiger partial charge in [0.15, 0.2) is 5.60 Å². The Morgan fingerprint density at radius 1 is 1.09 bits per heavy atom. The second kappa shape index (κ2) is 11.2. The van der Waals surface area contributed by atoms with Crippen LogP contribution in [0.2, 0.25) is 0 Å². The van der Waals surface area contributed by atoms with Gasteiger partial charge in [0, 0.05) is 25.7 Å². The Bertz CT molecular complexity index is 1060. The molecule has 2 aromatic carbocycles. The van der Waals surface area contributed by atoms with E-state index in [1.165, 1.54) is 6.08 Å². The lowest BCUT2D eigenvalue weighted by molar-refractivity contribution is -0.141. The summed E-state index contributed by atoms with van der Waals surface area (Å²) in [6, 6.07) is 16.9. The maximum atomic E-state index is 13.1. The standard InChI is InChI=1S/C27H30N2O6/c1-3-33-24(30)15-16-27(35-26(31)28-17-7-8-18-28)20-34-29(19-21-9-5-4-6-10-21)25(27)22-11-13-23(32-2)14-12-22/h4-16,25H,3,17-20H2,1-2H3/b16-15+/t25-,27-/m0/s1. The van der Waals surface area contributed by atoms with E-state index in [0.717, 1.165) is 11.1 Å². The van der Waals surface area contributed by atoms with Crippen LogP contribution in [0, 0.1) is 0 Å². The first-order chi connectivity index (χ1) is 17.0. The quantitative estimate of drug-likeness (QED) is 0.322. The molecule has 0 radical (unpaired) electrons. The summed E-state index contributed by atoms with van der Waals surface area (Å²) in [6.07, 6.45) is 6.25. The molecule has 0 aliphatic carbocycles. The number of rotatable bonds is 8. The van der Waals surface area contributed by atoms with Crippen molar-refractivity contribution in [2.24, 2.45) is 0 Å². The van der Waals surface area contributed by atoms with Crippen LogP contribution in [0.15, 0.2) is 78.9 Å². The molecule has 0 N–H and O–H groups in total. The minimum absolute atomic E-state index is 0.0411. The number of carbonyl (C=O) groups excluding carboxylic acids is 2. The van der Waals surface area contributed by atoms with E-state index in [0.29, 0.717) is 25.4 Å². The predicted octanol–water partition coefficient (Wildman–Crippen LogP) is 4.05. The van der Waals surface area contributed by atoms with Crippen molar-refractivity contribution in [2.45, 2.75) is 25.1 Å². The summed E-state index contributed by atoms with van der Waals surface area (Å²) in [7, 11) is 1.60. The van der Waals surface area contributed by atoms with Crippen LogP contribution in [0.4, 0.5) is 4.79 Å². The van der Waals surface area contributed by atoms with Crippen LogP contribution in [0.5, 0.6) is 5.75 Å². The Kier molecular flexibility index (Phi) is 7.84. The number of amides is 1. The molecule has 4 rings (SSSR count). The number of nitrogens with zero attached hydrogens (tertiary/aromatic N) is 2. The molecule has 8 heteroatoms. The van der Waals surface area contributed by atoms with Crippen LogP contribution in [0.3, 0.4) is 0 Å². The average molecular weight is 479 g/mol. The van der Waals surface area contributed by atoms with E-state index in [2.05, 4.69) is 0 Å². The Morgan fingerprint density at radius 3 is 2.46 bits per heavy atom. The van der Waals surface area contributed by atoms with E-state index >= 15 is 0 Å². The highest BCUT2D eigenvalue weighted by Crippen LogP contribution is 2.44. The van der Waals surface area contributed by atoms with Gasteiger partial charge in [-0.25, -0.2) is 9.59 Å². The first-order valence-electron chi connectivity index (χ1n) is 11.6. The van der Waals surface area contributed by atoms with E-state index in [1.54, 1.807) is 30.1 Å². The van der Waals surface area contributed by atoms with Gasteiger partial charge in [0.25, 0.3) is 0 Å². The van der Waals surface area contributed by atoms with Gasteiger partial charge in [0.2, 0.25) is 0 Å². The van der Waals surface area contributed by atoms with Crippen molar-refractivity contribution in [2.75, 3.05) is 33.4 Å². The van der Waals surface area contributed by atoms with Gasteiger partial charge in [-0.1, -0.05) is 54.6 Å². The van der Waals surface area contributed by atoms with Crippen molar-refractivity contribution in [1.29, 1.82) is 0 Å². The molecular weight excluding hydrogens is 448 g/mol. The number of methoxy groups -OCH3 is 1. The average Bonchev–Trinajstić information content (AvgIpc) is 3.53. The van der Waals surface area contributed by atoms with E-state index < -0.39 is 23.7 Å². The van der Waals surface area contributed by atoms with Crippen LogP contribution >= 0.6 is 0 Å². The molecule has 1 fully saturated rings. The highest BCUT2D eigenvalue weighted by molar-refractivity contribution is 5.82. The lowest BCUT2D eigenvalue weighted by Gasteiger charge is -2.34. The van der Waals surface area contributed by atoms with Gasteiger partial charge < -0.3 is 19.1 Å². The molecule has 1 amide bonds. The summed E-state index contributed by atoms with van der Waals surface area (Å²) in [6.45, 7) is 3.42. The number of ether oxygens (including phenoxy) is 3. The Morgan fingerprint density at radius 2 is 1.80 bits per heavy atom. The zero-order chi connectivity index (χ0) is 24.7. The van der Waals surface area contributed by atoms with E-state index in [1.807, 2.05) is 66.7 Å². The molecule has 184 valence electrons. The minimum atomic E-state index is -1.27. The normalized spacial score (nSPS) is 22.0. The molecule has 35 heavy (non-hydrogen) atoms. The van der Waals surface area contributed by atoms with Gasteiger partial charge in [-0.3, -0.25) is 4.84 Å². The van der Waals surface area contributed by atoms with Crippen molar-refractivity contribution in [3.8, 4) is 5.75 Å². The summed E-state index contributed by atoms with van der Waals surface area (Å²) in [5.41, 5.74) is 0.613. The fraction of sp³-hybridized carbons (Fsp3) is 0.333. The number of benzene rings is 2. The highest BCUT2D eigenvalue weighted by Gasteiger charge is 2.52. The molecule has 2 aromatic rings. The molecule has 0 aromatic heterocycles. The monoisotopic (exact) mass is 478 g/mol. The molecule has 2 atom stereocenters. The molecule has 0 spiro atoms. The second-order valence-corrected chi connectivity index (χ2v) is 8.29. The second-order valence-electron chi connectivity index (χ2n) is 8.29. The zero-order valence-electron chi connectivity index (χ0n) is 20.0. The predicted molar refractivity (Wildman–Crippen MR) is 129 cm³/mol. The molecular formula is C27H30N2O6. The third-order valence-corrected chi connectivity index (χ3v) is 5.96. The van der Waals surface area contributed by atoms with Crippen molar-refractivity contribution in [1.82, 2.24) is 9.96 Å². The van der Waals surface area contributed by atoms with E-state index in [-0.39, 0.29) is 13.2 Å². The zero-order valence-corrected chi connectivity index (χ0v) is 20.0. The van der Waals surface area contributed by atoms with Gasteiger partial charge >= 0.3 is 12.1 Å². The smallest absolute Gasteiger partial charge is 0.411 e. The van der Waals surface area contributed by atoms with Gasteiger partial charge in [-0.05, 0) is 36.3 Å². The summed E-state index contributed by atoms with van der Waals surface area (Å²) in [5.74, 6) is 0.191. The first-order valence-corrected chi connectivity index (χ1v) is 11.6. The van der Waals surface area contributed by atoms with Crippen LogP contribution in [0.1, 0.15) is 24.1 Å². The fourth-order valence-corrected chi connectivity index (χ4v) is 4.23. The van der Waals surface area contributed by atoms with Gasteiger partial charge in [-0.15, -0.1) is 0 Å². The third kappa shape index (κ3) is 5.72. The summed E-state index contributed by atoms with van der Waals surface area (Å²) < 4.78 is 16.6. The molecule has 0 bridgehead atoms. The van der Waals surface area contributed by atoms with Gasteiger partial charge in [0.1, 0.15) is 18.4 Å². The van der Waals surface area contributed by atoms with Crippen LogP contribution in [-0.4, -0.2) is 61.0 Å². The number of hydrogen-bond acceptors (Lipinski definition) is 7. The topological polar surface area (TPSA) is 77.5 Å². The third-order valence-electron chi connectivity index (χ3n) is 5.96. The minimum Gasteiger partial charge on any atom is -0.497 e. The molecule has 2 heterocycles. The number of carbonyl (C=O) groups is 2. The largest absolute Gasteiger partial charge is 0.497 e. The Balaban J connectivity index is 1.73. The Labute approximate surface area is 205 Å². The SMILES string of the molecule is CCOC(=O)/C=C/[C@]1(OC(=O)N2CC=CC2)CON(Cc2ccccc2)[C@H]1c1ccc(OC)cc1. The fourth-order valence-electron chi connectivity index (χ4n) is 4.23. The van der Waals surface area contributed by atoms with Crippen LogP contribution in [0.25, 0.3) is 0 Å². The first kappa shape index (κ1) is 24.5. The molecule has 2 aliphatic rings. The van der Waals surface area contributed by atoms with Crippen molar-refractivity contribution in [3.63, 3.8) is 0 Å². The van der Waals surface area contributed by atoms with Crippen LogP contribution in [-0.2, 0) is 25.7 Å². The van der Waals surface area contributed by atoms with Gasteiger partial charge in [-0.2, -0.15) is 5.06 Å².